The molecule has 0 saturated heterocycles. The molecule has 20 heavy (non-hydrogen) atoms. The van der Waals surface area contributed by atoms with Crippen molar-refractivity contribution in [3.63, 3.8) is 0 Å². The third-order valence-electron chi connectivity index (χ3n) is 2.84. The SMILES string of the molecule is FC(F)(F)CC[SiH2]c1cccc([SiH2]CCC(F)(F)F)c1. The zero-order valence-electron chi connectivity index (χ0n) is 10.8. The van der Waals surface area contributed by atoms with Gasteiger partial charge in [0.1, 0.15) is 0 Å². The Morgan fingerprint density at radius 1 is 0.750 bits per heavy atom. The Hall–Kier alpha value is -0.766. The van der Waals surface area contributed by atoms with E-state index in [4.69, 9.17) is 0 Å². The van der Waals surface area contributed by atoms with E-state index < -0.39 is 44.2 Å². The van der Waals surface area contributed by atoms with Crippen LogP contribution in [0, 0.1) is 0 Å². The van der Waals surface area contributed by atoms with Gasteiger partial charge < -0.3 is 0 Å². The number of halogens is 6. The van der Waals surface area contributed by atoms with Crippen molar-refractivity contribution in [2.75, 3.05) is 0 Å². The number of hydrogen-bond donors (Lipinski definition) is 0. The van der Waals surface area contributed by atoms with Crippen LogP contribution in [0.5, 0.6) is 0 Å². The Morgan fingerprint density at radius 2 is 1.15 bits per heavy atom. The second-order valence-electron chi connectivity index (χ2n) is 4.76. The van der Waals surface area contributed by atoms with Crippen LogP contribution in [0.2, 0.25) is 12.1 Å². The fourth-order valence-corrected chi connectivity index (χ4v) is 5.61. The summed E-state index contributed by atoms with van der Waals surface area (Å²) in [5.74, 6) is 0. The molecular weight excluding hydrogens is 314 g/mol. The predicted octanol–water partition coefficient (Wildman–Crippen LogP) is 2.02. The van der Waals surface area contributed by atoms with E-state index in [1.165, 1.54) is 0 Å². The highest BCUT2D eigenvalue weighted by Crippen LogP contribution is 2.21. The van der Waals surface area contributed by atoms with Gasteiger partial charge in [0, 0.05) is 12.8 Å². The van der Waals surface area contributed by atoms with Crippen LogP contribution >= 0.6 is 0 Å². The fraction of sp³-hybridized carbons (Fsp3) is 0.500. The average Bonchev–Trinajstić information content (AvgIpc) is 2.26. The smallest absolute Gasteiger partial charge is 0.171 e. The Morgan fingerprint density at radius 3 is 1.50 bits per heavy atom. The van der Waals surface area contributed by atoms with Gasteiger partial charge in [-0.05, 0) is 0 Å². The van der Waals surface area contributed by atoms with Gasteiger partial charge in [-0.3, -0.25) is 0 Å². The van der Waals surface area contributed by atoms with Crippen LogP contribution in [-0.2, 0) is 0 Å². The third kappa shape index (κ3) is 8.41. The molecule has 0 N–H and O–H groups in total. The van der Waals surface area contributed by atoms with Crippen LogP contribution in [0.3, 0.4) is 0 Å². The van der Waals surface area contributed by atoms with Gasteiger partial charge in [-0.15, -0.1) is 0 Å². The molecule has 0 radical (unpaired) electrons. The molecule has 0 unspecified atom stereocenters. The highest BCUT2D eigenvalue weighted by Gasteiger charge is 2.26. The first-order valence-corrected chi connectivity index (χ1v) is 9.78. The maximum Gasteiger partial charge on any atom is 0.388 e. The minimum absolute atomic E-state index is 0.150. The second kappa shape index (κ2) is 7.30. The second-order valence-corrected chi connectivity index (χ2v) is 8.80. The molecule has 8 heteroatoms. The van der Waals surface area contributed by atoms with Crippen molar-refractivity contribution >= 4 is 29.4 Å². The molecule has 0 aromatic heterocycles. The molecule has 0 fully saturated rings. The predicted molar refractivity (Wildman–Crippen MR) is 73.8 cm³/mol. The first-order valence-electron chi connectivity index (χ1n) is 6.37. The Kier molecular flexibility index (Phi) is 6.31. The van der Waals surface area contributed by atoms with Crippen molar-refractivity contribution in [3.05, 3.63) is 24.3 Å². The monoisotopic (exact) mass is 330 g/mol. The molecule has 1 aromatic rings. The third-order valence-corrected chi connectivity index (χ3v) is 6.29. The molecule has 0 amide bonds. The van der Waals surface area contributed by atoms with Crippen molar-refractivity contribution in [2.45, 2.75) is 37.3 Å². The maximum absolute atomic E-state index is 12.0. The summed E-state index contributed by atoms with van der Waals surface area (Å²) < 4.78 is 72.2. The van der Waals surface area contributed by atoms with E-state index in [1.54, 1.807) is 18.2 Å². The molecule has 0 spiro atoms. The minimum Gasteiger partial charge on any atom is -0.171 e. The molecule has 1 rings (SSSR count). The van der Waals surface area contributed by atoms with Crippen molar-refractivity contribution in [1.82, 2.24) is 0 Å². The van der Waals surface area contributed by atoms with Crippen LogP contribution in [0.4, 0.5) is 26.3 Å². The molecule has 0 atom stereocenters. The standard InChI is InChI=1S/C12H16F6Si2/c13-11(14,15)4-6-19-9-2-1-3-10(8-9)20-7-5-12(16,17)18/h1-3,8H,4-7,19-20H2. The number of alkyl halides is 6. The van der Waals surface area contributed by atoms with E-state index in [1.807, 2.05) is 6.07 Å². The lowest BCUT2D eigenvalue weighted by atomic mass is 10.4. The van der Waals surface area contributed by atoms with Crippen LogP contribution in [0.15, 0.2) is 24.3 Å². The zero-order valence-corrected chi connectivity index (χ0v) is 13.6. The topological polar surface area (TPSA) is 0 Å². The van der Waals surface area contributed by atoms with Crippen molar-refractivity contribution in [3.8, 4) is 0 Å². The Bertz CT molecular complexity index is 378. The van der Waals surface area contributed by atoms with Crippen molar-refractivity contribution in [2.24, 2.45) is 0 Å². The van der Waals surface area contributed by atoms with Gasteiger partial charge in [-0.2, -0.15) is 26.3 Å². The Balaban J connectivity index is 2.41. The van der Waals surface area contributed by atoms with Gasteiger partial charge in [-0.25, -0.2) is 0 Å². The van der Waals surface area contributed by atoms with Crippen LogP contribution < -0.4 is 10.4 Å². The Labute approximate surface area is 118 Å². The molecule has 1 aromatic carbocycles. The lowest BCUT2D eigenvalue weighted by Gasteiger charge is -2.08. The van der Waals surface area contributed by atoms with E-state index in [9.17, 15) is 26.3 Å². The van der Waals surface area contributed by atoms with Gasteiger partial charge in [0.25, 0.3) is 0 Å². The van der Waals surface area contributed by atoms with E-state index in [2.05, 4.69) is 0 Å². The summed E-state index contributed by atoms with van der Waals surface area (Å²) in [6.07, 6.45) is -9.78. The fourth-order valence-electron chi connectivity index (χ4n) is 1.93. The normalized spacial score (nSPS) is 13.9. The molecule has 0 bridgehead atoms. The quantitative estimate of drug-likeness (QED) is 0.553. The molecule has 0 saturated carbocycles. The van der Waals surface area contributed by atoms with E-state index in [0.717, 1.165) is 10.4 Å². The van der Waals surface area contributed by atoms with Gasteiger partial charge in [0.05, 0.1) is 19.0 Å². The summed E-state index contributed by atoms with van der Waals surface area (Å²) in [6.45, 7) is 0. The molecule has 0 aliphatic rings. The van der Waals surface area contributed by atoms with E-state index in [0.29, 0.717) is 0 Å². The first-order chi connectivity index (χ1) is 9.16. The highest BCUT2D eigenvalue weighted by atomic mass is 28.2. The van der Waals surface area contributed by atoms with Crippen molar-refractivity contribution < 1.29 is 26.3 Å². The zero-order chi connectivity index (χ0) is 15.2. The molecular formula is C12H16F6Si2. The molecule has 0 heterocycles. The summed E-state index contributed by atoms with van der Waals surface area (Å²) in [6, 6.07) is 7.42. The highest BCUT2D eigenvalue weighted by molar-refractivity contribution is 6.57. The summed E-state index contributed by atoms with van der Waals surface area (Å²) in [7, 11) is -1.97. The largest absolute Gasteiger partial charge is 0.388 e. The molecule has 0 nitrogen and oxygen atoms in total. The lowest BCUT2D eigenvalue weighted by molar-refractivity contribution is -0.131. The summed E-state index contributed by atoms with van der Waals surface area (Å²) in [4.78, 5) is 0. The lowest BCUT2D eigenvalue weighted by Crippen LogP contribution is -2.24. The van der Waals surface area contributed by atoms with Gasteiger partial charge in [0.15, 0.2) is 0 Å². The first kappa shape index (κ1) is 17.3. The number of hydrogen-bond acceptors (Lipinski definition) is 0. The number of rotatable bonds is 6. The molecule has 114 valence electrons. The van der Waals surface area contributed by atoms with Crippen LogP contribution in [0.1, 0.15) is 12.8 Å². The minimum atomic E-state index is -4.12. The molecule has 0 aliphatic carbocycles. The summed E-state index contributed by atoms with van der Waals surface area (Å²) in [5, 5.41) is 1.82. The van der Waals surface area contributed by atoms with Crippen molar-refractivity contribution in [1.29, 1.82) is 0 Å². The maximum atomic E-state index is 12.0. The van der Waals surface area contributed by atoms with Gasteiger partial charge in [-0.1, -0.05) is 46.7 Å². The van der Waals surface area contributed by atoms with E-state index in [-0.39, 0.29) is 12.1 Å². The summed E-state index contributed by atoms with van der Waals surface area (Å²) in [5.41, 5.74) is 0. The van der Waals surface area contributed by atoms with Crippen LogP contribution in [0.25, 0.3) is 0 Å². The van der Waals surface area contributed by atoms with Crippen LogP contribution in [-0.4, -0.2) is 31.4 Å². The average molecular weight is 330 g/mol. The summed E-state index contributed by atoms with van der Waals surface area (Å²) >= 11 is 0. The van der Waals surface area contributed by atoms with Gasteiger partial charge >= 0.3 is 12.4 Å². The number of benzene rings is 1. The van der Waals surface area contributed by atoms with Gasteiger partial charge in [0.2, 0.25) is 0 Å². The molecule has 0 aliphatic heterocycles. The van der Waals surface area contributed by atoms with E-state index >= 15 is 0 Å².